The molecule has 3 nitrogen and oxygen atoms in total. The lowest BCUT2D eigenvalue weighted by atomic mass is 10.3. The van der Waals surface area contributed by atoms with Crippen LogP contribution in [0.5, 0.6) is 0 Å². The van der Waals surface area contributed by atoms with Crippen LogP contribution in [0.1, 0.15) is 11.3 Å². The molecule has 0 spiro atoms. The molecule has 0 amide bonds. The normalized spacial score (nSPS) is 22.7. The molecule has 0 N–H and O–H groups in total. The minimum absolute atomic E-state index is 0.609. The molecule has 1 aliphatic heterocycles. The minimum Gasteiger partial charge on any atom is -0.616 e. The second-order valence-corrected chi connectivity index (χ2v) is 3.68. The molecule has 0 radical (unpaired) electrons. The SMILES string of the molecule is [O-][S+]1Cc2cncnc2C1. The fraction of sp³-hybridized carbons (Fsp3) is 0.333. The van der Waals surface area contributed by atoms with Crippen molar-refractivity contribution in [3.8, 4) is 0 Å². The Balaban J connectivity index is 2.42. The largest absolute Gasteiger partial charge is 0.616 e. The van der Waals surface area contributed by atoms with Crippen LogP contribution >= 0.6 is 0 Å². The van der Waals surface area contributed by atoms with Gasteiger partial charge in [0.05, 0.1) is 0 Å². The van der Waals surface area contributed by atoms with Crippen LogP contribution in [-0.2, 0) is 22.7 Å². The van der Waals surface area contributed by atoms with Crippen molar-refractivity contribution in [3.05, 3.63) is 23.8 Å². The molecule has 1 aliphatic rings. The molecule has 1 aromatic heterocycles. The quantitative estimate of drug-likeness (QED) is 0.503. The molecule has 2 rings (SSSR count). The molecule has 0 fully saturated rings. The molecule has 52 valence electrons. The van der Waals surface area contributed by atoms with E-state index >= 15 is 0 Å². The van der Waals surface area contributed by atoms with Crippen LogP contribution in [0, 0.1) is 0 Å². The maximum absolute atomic E-state index is 10.9. The third kappa shape index (κ3) is 0.892. The molecular weight excluding hydrogens is 148 g/mol. The van der Waals surface area contributed by atoms with Gasteiger partial charge in [-0.15, -0.1) is 0 Å². The van der Waals surface area contributed by atoms with Crippen LogP contribution in [0.25, 0.3) is 0 Å². The molecule has 4 heteroatoms. The van der Waals surface area contributed by atoms with Gasteiger partial charge < -0.3 is 4.55 Å². The molecule has 1 aromatic rings. The summed E-state index contributed by atoms with van der Waals surface area (Å²) in [6.07, 6.45) is 3.24. The van der Waals surface area contributed by atoms with Gasteiger partial charge in [0.1, 0.15) is 23.5 Å². The fourth-order valence-corrected chi connectivity index (χ4v) is 2.27. The van der Waals surface area contributed by atoms with Crippen LogP contribution in [0.4, 0.5) is 0 Å². The highest BCUT2D eigenvalue weighted by molar-refractivity contribution is 7.90. The summed E-state index contributed by atoms with van der Waals surface area (Å²) in [5.74, 6) is 1.24. The highest BCUT2D eigenvalue weighted by Crippen LogP contribution is 2.20. The Bertz CT molecular complexity index is 228. The van der Waals surface area contributed by atoms with Gasteiger partial charge in [0.2, 0.25) is 0 Å². The van der Waals surface area contributed by atoms with Gasteiger partial charge in [0.15, 0.2) is 0 Å². The van der Waals surface area contributed by atoms with Crippen LogP contribution in [0.3, 0.4) is 0 Å². The first-order chi connectivity index (χ1) is 4.86. The van der Waals surface area contributed by atoms with Gasteiger partial charge in [-0.1, -0.05) is 0 Å². The van der Waals surface area contributed by atoms with Crippen molar-refractivity contribution in [2.24, 2.45) is 0 Å². The molecule has 0 aromatic carbocycles. The average molecular weight is 154 g/mol. The first-order valence-electron chi connectivity index (χ1n) is 2.99. The predicted molar refractivity (Wildman–Crippen MR) is 37.6 cm³/mol. The number of nitrogens with zero attached hydrogens (tertiary/aromatic N) is 2. The summed E-state index contributed by atoms with van der Waals surface area (Å²) in [6.45, 7) is 0. The van der Waals surface area contributed by atoms with Crippen molar-refractivity contribution < 1.29 is 4.55 Å². The summed E-state index contributed by atoms with van der Waals surface area (Å²) in [4.78, 5) is 7.85. The Labute approximate surface area is 61.7 Å². The van der Waals surface area contributed by atoms with E-state index in [0.717, 1.165) is 11.3 Å². The molecule has 0 saturated heterocycles. The molecule has 10 heavy (non-hydrogen) atoms. The summed E-state index contributed by atoms with van der Waals surface area (Å²) >= 11 is -0.722. The first kappa shape index (κ1) is 6.12. The van der Waals surface area contributed by atoms with Gasteiger partial charge in [-0.2, -0.15) is 0 Å². The lowest BCUT2D eigenvalue weighted by Crippen LogP contribution is -1.95. The van der Waals surface area contributed by atoms with Crippen molar-refractivity contribution >= 4 is 11.2 Å². The van der Waals surface area contributed by atoms with E-state index in [2.05, 4.69) is 9.97 Å². The zero-order valence-corrected chi connectivity index (χ0v) is 6.10. The fourth-order valence-electron chi connectivity index (χ4n) is 1.01. The van der Waals surface area contributed by atoms with Gasteiger partial charge in [0.25, 0.3) is 0 Å². The topological polar surface area (TPSA) is 48.8 Å². The summed E-state index contributed by atoms with van der Waals surface area (Å²) in [5.41, 5.74) is 1.99. The number of fused-ring (bicyclic) bond motifs is 1. The second kappa shape index (κ2) is 2.21. The maximum Gasteiger partial charge on any atom is 0.148 e. The highest BCUT2D eigenvalue weighted by Gasteiger charge is 2.22. The first-order valence-corrected chi connectivity index (χ1v) is 4.48. The summed E-state index contributed by atoms with van der Waals surface area (Å²) in [5, 5.41) is 0. The monoisotopic (exact) mass is 154 g/mol. The van der Waals surface area contributed by atoms with Gasteiger partial charge in [-0.05, 0) is 11.2 Å². The lowest BCUT2D eigenvalue weighted by Gasteiger charge is -1.96. The molecule has 2 heterocycles. The van der Waals surface area contributed by atoms with Gasteiger partial charge in [-0.25, -0.2) is 9.97 Å². The molecule has 0 bridgehead atoms. The van der Waals surface area contributed by atoms with Crippen molar-refractivity contribution in [1.82, 2.24) is 9.97 Å². The van der Waals surface area contributed by atoms with Gasteiger partial charge >= 0.3 is 0 Å². The third-order valence-electron chi connectivity index (χ3n) is 1.50. The molecule has 0 aliphatic carbocycles. The Kier molecular flexibility index (Phi) is 1.35. The smallest absolute Gasteiger partial charge is 0.148 e. The Morgan fingerprint density at radius 3 is 3.20 bits per heavy atom. The van der Waals surface area contributed by atoms with Crippen LogP contribution in [-0.4, -0.2) is 14.5 Å². The molecule has 0 saturated carbocycles. The average Bonchev–Trinajstić information content (AvgIpc) is 2.27. The predicted octanol–water partition coefficient (Wildman–Crippen LogP) is 0.239. The zero-order valence-electron chi connectivity index (χ0n) is 5.28. The van der Waals surface area contributed by atoms with Crippen molar-refractivity contribution in [3.63, 3.8) is 0 Å². The Hall–Kier alpha value is -0.610. The van der Waals surface area contributed by atoms with E-state index < -0.39 is 11.2 Å². The van der Waals surface area contributed by atoms with Crippen molar-refractivity contribution in [1.29, 1.82) is 0 Å². The molecular formula is C6H6N2OS. The number of hydrogen-bond donors (Lipinski definition) is 0. The van der Waals surface area contributed by atoms with Crippen molar-refractivity contribution in [2.45, 2.75) is 11.5 Å². The van der Waals surface area contributed by atoms with E-state index in [1.807, 2.05) is 0 Å². The summed E-state index contributed by atoms with van der Waals surface area (Å²) < 4.78 is 10.9. The van der Waals surface area contributed by atoms with Crippen molar-refractivity contribution in [2.75, 3.05) is 0 Å². The highest BCUT2D eigenvalue weighted by atomic mass is 32.2. The number of rotatable bonds is 0. The van der Waals surface area contributed by atoms with E-state index in [1.165, 1.54) is 6.33 Å². The van der Waals surface area contributed by atoms with E-state index in [-0.39, 0.29) is 0 Å². The zero-order chi connectivity index (χ0) is 6.97. The number of hydrogen-bond acceptors (Lipinski definition) is 3. The van der Waals surface area contributed by atoms with E-state index in [9.17, 15) is 4.55 Å². The summed E-state index contributed by atoms with van der Waals surface area (Å²) in [7, 11) is 0. The Morgan fingerprint density at radius 1 is 1.50 bits per heavy atom. The lowest BCUT2D eigenvalue weighted by molar-refractivity contribution is 0.596. The van der Waals surface area contributed by atoms with Gasteiger partial charge in [0, 0.05) is 11.8 Å². The minimum atomic E-state index is -0.722. The van der Waals surface area contributed by atoms with Crippen LogP contribution < -0.4 is 0 Å². The standard InChI is InChI=1S/C6H6N2OS/c9-10-2-5-1-7-4-8-6(5)3-10/h1,4H,2-3H2. The van der Waals surface area contributed by atoms with Gasteiger partial charge in [-0.3, -0.25) is 0 Å². The maximum atomic E-state index is 10.9. The van der Waals surface area contributed by atoms with E-state index in [1.54, 1.807) is 6.20 Å². The second-order valence-electron chi connectivity index (χ2n) is 2.22. The number of aromatic nitrogens is 2. The van der Waals surface area contributed by atoms with Crippen LogP contribution in [0.15, 0.2) is 12.5 Å². The van der Waals surface area contributed by atoms with E-state index in [0.29, 0.717) is 11.5 Å². The van der Waals surface area contributed by atoms with E-state index in [4.69, 9.17) is 0 Å². The third-order valence-corrected chi connectivity index (χ3v) is 2.72. The molecule has 1 atom stereocenters. The van der Waals surface area contributed by atoms with Crippen LogP contribution in [0.2, 0.25) is 0 Å². The summed E-state index contributed by atoms with van der Waals surface area (Å²) in [6, 6.07) is 0. The molecule has 1 unspecified atom stereocenters. The Morgan fingerprint density at radius 2 is 2.40 bits per heavy atom.